The number of esters is 1. The molecule has 0 bridgehead atoms. The maximum absolute atomic E-state index is 12.5. The summed E-state index contributed by atoms with van der Waals surface area (Å²) in [5.41, 5.74) is -0.190. The molecule has 136 valence electrons. The summed E-state index contributed by atoms with van der Waals surface area (Å²) in [4.78, 5) is 37.5. The normalized spacial score (nSPS) is 15.9. The first-order valence-electron chi connectivity index (χ1n) is 8.47. The Morgan fingerprint density at radius 2 is 1.84 bits per heavy atom. The van der Waals surface area contributed by atoms with Gasteiger partial charge in [-0.1, -0.05) is 32.0 Å². The van der Waals surface area contributed by atoms with Gasteiger partial charge >= 0.3 is 12.0 Å². The van der Waals surface area contributed by atoms with Crippen LogP contribution in [0.4, 0.5) is 4.79 Å². The summed E-state index contributed by atoms with van der Waals surface area (Å²) < 4.78 is 10.7. The highest BCUT2D eigenvalue weighted by Gasteiger charge is 2.49. The van der Waals surface area contributed by atoms with E-state index in [-0.39, 0.29) is 12.5 Å². The maximum atomic E-state index is 12.5. The number of carbonyl (C=O) groups excluding carboxylic acids is 3. The lowest BCUT2D eigenvalue weighted by Gasteiger charge is -2.22. The second kappa shape index (κ2) is 8.00. The molecule has 0 atom stereocenters. The maximum Gasteiger partial charge on any atom is 0.326 e. The highest BCUT2D eigenvalue weighted by atomic mass is 16.5. The van der Waals surface area contributed by atoms with Crippen molar-refractivity contribution in [2.75, 3.05) is 13.2 Å². The van der Waals surface area contributed by atoms with Gasteiger partial charge in [0.05, 0.1) is 6.61 Å². The Hall–Kier alpha value is -2.57. The van der Waals surface area contributed by atoms with Crippen LogP contribution in [0, 0.1) is 0 Å². The molecule has 1 aromatic rings. The van der Waals surface area contributed by atoms with Crippen molar-refractivity contribution in [3.05, 3.63) is 29.8 Å². The molecule has 0 radical (unpaired) electrons. The number of carbonyl (C=O) groups is 3. The number of imide groups is 1. The molecule has 7 heteroatoms. The number of para-hydroxylation sites is 1. The fourth-order valence-corrected chi connectivity index (χ4v) is 2.80. The van der Waals surface area contributed by atoms with Gasteiger partial charge in [-0.25, -0.2) is 4.79 Å². The third-order valence-electron chi connectivity index (χ3n) is 4.40. The molecule has 2 rings (SSSR count). The number of hydrogen-bond donors (Lipinski definition) is 1. The smallest absolute Gasteiger partial charge is 0.326 e. The van der Waals surface area contributed by atoms with Crippen molar-refractivity contribution in [2.45, 2.75) is 45.8 Å². The third kappa shape index (κ3) is 3.92. The molecule has 1 heterocycles. The first-order chi connectivity index (χ1) is 12.0. The van der Waals surface area contributed by atoms with Gasteiger partial charge in [0.25, 0.3) is 5.91 Å². The van der Waals surface area contributed by atoms with Gasteiger partial charge in [-0.15, -0.1) is 0 Å². The molecule has 7 nitrogen and oxygen atoms in total. The Morgan fingerprint density at radius 3 is 2.44 bits per heavy atom. The zero-order chi connectivity index (χ0) is 18.4. The average molecular weight is 348 g/mol. The molecule has 3 amide bonds. The molecule has 1 saturated heterocycles. The van der Waals surface area contributed by atoms with Crippen LogP contribution < -0.4 is 10.1 Å². The van der Waals surface area contributed by atoms with E-state index in [0.717, 1.165) is 10.5 Å². The van der Waals surface area contributed by atoms with E-state index in [4.69, 9.17) is 9.47 Å². The zero-order valence-electron chi connectivity index (χ0n) is 14.8. The minimum absolute atomic E-state index is 0.0192. The summed E-state index contributed by atoms with van der Waals surface area (Å²) in [7, 11) is 0. The number of ether oxygens (including phenoxy) is 2. The Bertz CT molecular complexity index is 655. The van der Waals surface area contributed by atoms with Gasteiger partial charge in [0, 0.05) is 5.56 Å². The minimum Gasteiger partial charge on any atom is -0.493 e. The van der Waals surface area contributed by atoms with Crippen molar-refractivity contribution in [2.24, 2.45) is 0 Å². The number of nitrogens with one attached hydrogen (secondary N) is 1. The zero-order valence-corrected chi connectivity index (χ0v) is 14.8. The van der Waals surface area contributed by atoms with Crippen LogP contribution in [0.5, 0.6) is 5.75 Å². The summed E-state index contributed by atoms with van der Waals surface area (Å²) in [6.07, 6.45) is 0.947. The molecule has 1 N–H and O–H groups in total. The summed E-state index contributed by atoms with van der Waals surface area (Å²) in [5.74, 6) is -0.379. The van der Waals surface area contributed by atoms with Crippen molar-refractivity contribution < 1.29 is 23.9 Å². The highest BCUT2D eigenvalue weighted by Crippen LogP contribution is 2.25. The van der Waals surface area contributed by atoms with Crippen LogP contribution in [0.15, 0.2) is 24.3 Å². The molecule has 1 aromatic carbocycles. The number of nitrogens with zero attached hydrogens (tertiary/aromatic N) is 1. The first kappa shape index (κ1) is 18.8. The van der Waals surface area contributed by atoms with Crippen molar-refractivity contribution in [3.63, 3.8) is 0 Å². The van der Waals surface area contributed by atoms with E-state index in [2.05, 4.69) is 5.32 Å². The Kier molecular flexibility index (Phi) is 6.01. The predicted molar refractivity (Wildman–Crippen MR) is 91.0 cm³/mol. The molecule has 0 spiro atoms. The van der Waals surface area contributed by atoms with Crippen molar-refractivity contribution in [3.8, 4) is 5.75 Å². The number of urea groups is 1. The van der Waals surface area contributed by atoms with Crippen LogP contribution >= 0.6 is 0 Å². The first-order valence-corrected chi connectivity index (χ1v) is 8.47. The fourth-order valence-electron chi connectivity index (χ4n) is 2.80. The van der Waals surface area contributed by atoms with E-state index >= 15 is 0 Å². The molecule has 0 aliphatic carbocycles. The van der Waals surface area contributed by atoms with Gasteiger partial charge in [-0.3, -0.25) is 14.5 Å². The van der Waals surface area contributed by atoms with Crippen molar-refractivity contribution in [1.29, 1.82) is 0 Å². The third-order valence-corrected chi connectivity index (χ3v) is 4.40. The van der Waals surface area contributed by atoms with Crippen LogP contribution in [0.2, 0.25) is 0 Å². The van der Waals surface area contributed by atoms with Gasteiger partial charge in [0.15, 0.2) is 0 Å². The molecule has 0 aromatic heterocycles. The van der Waals surface area contributed by atoms with Crippen LogP contribution in [0.3, 0.4) is 0 Å². The number of hydrogen-bond acceptors (Lipinski definition) is 5. The lowest BCUT2D eigenvalue weighted by molar-refractivity contribution is -0.149. The van der Waals surface area contributed by atoms with E-state index in [1.54, 1.807) is 12.1 Å². The Morgan fingerprint density at radius 1 is 1.16 bits per heavy atom. The van der Waals surface area contributed by atoms with Gasteiger partial charge in [-0.2, -0.15) is 0 Å². The summed E-state index contributed by atoms with van der Waals surface area (Å²) >= 11 is 0. The second-order valence-electron chi connectivity index (χ2n) is 5.81. The van der Waals surface area contributed by atoms with E-state index < -0.39 is 24.1 Å². The van der Waals surface area contributed by atoms with E-state index in [0.29, 0.717) is 25.2 Å². The molecule has 0 unspecified atom stereocenters. The molecule has 0 saturated carbocycles. The van der Waals surface area contributed by atoms with Gasteiger partial charge in [0.1, 0.15) is 24.4 Å². The lowest BCUT2D eigenvalue weighted by atomic mass is 9.93. The topological polar surface area (TPSA) is 84.9 Å². The molecular weight excluding hydrogens is 324 g/mol. The van der Waals surface area contributed by atoms with Crippen LogP contribution in [-0.4, -0.2) is 41.5 Å². The van der Waals surface area contributed by atoms with Crippen LogP contribution in [-0.2, 0) is 20.9 Å². The Balaban J connectivity index is 1.97. The van der Waals surface area contributed by atoms with Crippen LogP contribution in [0.1, 0.15) is 39.2 Å². The summed E-state index contributed by atoms with van der Waals surface area (Å²) in [6.45, 7) is 5.65. The number of amides is 3. The van der Waals surface area contributed by atoms with Crippen LogP contribution in [0.25, 0.3) is 0 Å². The van der Waals surface area contributed by atoms with Crippen molar-refractivity contribution >= 4 is 17.9 Å². The number of rotatable bonds is 8. The number of benzene rings is 1. The van der Waals surface area contributed by atoms with E-state index in [1.165, 1.54) is 0 Å². The molecule has 25 heavy (non-hydrogen) atoms. The fraction of sp³-hybridized carbons (Fsp3) is 0.500. The monoisotopic (exact) mass is 348 g/mol. The SMILES string of the molecule is CCOc1ccccc1COC(=O)CN1C(=O)NC(CC)(CC)C1=O. The van der Waals surface area contributed by atoms with Gasteiger partial charge < -0.3 is 14.8 Å². The van der Waals surface area contributed by atoms with E-state index in [9.17, 15) is 14.4 Å². The largest absolute Gasteiger partial charge is 0.493 e. The second-order valence-corrected chi connectivity index (χ2v) is 5.81. The minimum atomic E-state index is -0.918. The summed E-state index contributed by atoms with van der Waals surface area (Å²) in [5, 5.41) is 2.68. The average Bonchev–Trinajstić information content (AvgIpc) is 2.86. The molecule has 1 aliphatic heterocycles. The standard InChI is InChI=1S/C18H24N2O5/c1-4-18(5-2)16(22)20(17(23)19-18)11-15(21)25-12-13-9-7-8-10-14(13)24-6-3/h7-10H,4-6,11-12H2,1-3H3,(H,19,23). The quantitative estimate of drug-likeness (QED) is 0.575. The van der Waals surface area contributed by atoms with Gasteiger partial charge in [0.2, 0.25) is 0 Å². The lowest BCUT2D eigenvalue weighted by Crippen LogP contribution is -2.46. The van der Waals surface area contributed by atoms with E-state index in [1.807, 2.05) is 32.9 Å². The molecule has 1 aliphatic rings. The van der Waals surface area contributed by atoms with Crippen molar-refractivity contribution in [1.82, 2.24) is 10.2 Å². The Labute approximate surface area is 147 Å². The molecular formula is C18H24N2O5. The van der Waals surface area contributed by atoms with Gasteiger partial charge in [-0.05, 0) is 25.8 Å². The summed E-state index contributed by atoms with van der Waals surface area (Å²) in [6, 6.07) is 6.69. The molecule has 1 fully saturated rings. The highest BCUT2D eigenvalue weighted by molar-refractivity contribution is 6.08. The predicted octanol–water partition coefficient (Wildman–Crippen LogP) is 2.24.